The predicted octanol–water partition coefficient (Wildman–Crippen LogP) is 2.74. The molecule has 2 aromatic rings. The molecule has 2 rings (SSSR count). The topological polar surface area (TPSA) is 72.2 Å². The molecule has 0 spiro atoms. The fourth-order valence-electron chi connectivity index (χ4n) is 1.40. The molecule has 1 unspecified atom stereocenters. The zero-order chi connectivity index (χ0) is 13.3. The molecule has 18 heavy (non-hydrogen) atoms. The number of rotatable bonds is 4. The molecule has 0 fully saturated rings. The van der Waals surface area contributed by atoms with Crippen LogP contribution in [0.25, 0.3) is 0 Å². The van der Waals surface area contributed by atoms with Crippen molar-refractivity contribution < 1.29 is 12.8 Å². The number of nitrogens with zero attached hydrogens (tertiary/aromatic N) is 1. The van der Waals surface area contributed by atoms with Gasteiger partial charge in [-0.2, -0.15) is 0 Å². The molecule has 2 heterocycles. The maximum Gasteiger partial charge on any atom is 0.252 e. The second-order valence-corrected chi connectivity index (χ2v) is 7.28. The Bertz CT molecular complexity index is 648. The summed E-state index contributed by atoms with van der Waals surface area (Å²) in [5.41, 5.74) is 0. The van der Waals surface area contributed by atoms with Gasteiger partial charge in [-0.15, -0.1) is 0 Å². The van der Waals surface area contributed by atoms with E-state index in [-0.39, 0.29) is 8.68 Å². The van der Waals surface area contributed by atoms with Crippen LogP contribution < -0.4 is 4.72 Å². The zero-order valence-corrected chi connectivity index (χ0v) is 12.1. The van der Waals surface area contributed by atoms with Crippen LogP contribution in [0, 0.1) is 6.92 Å². The predicted molar refractivity (Wildman–Crippen MR) is 69.3 cm³/mol. The highest BCUT2D eigenvalue weighted by atomic mass is 35.5. The molecule has 0 bridgehead atoms. The van der Waals surface area contributed by atoms with Crippen molar-refractivity contribution in [2.75, 3.05) is 0 Å². The average molecular weight is 307 g/mol. The molecule has 0 aromatic carbocycles. The van der Waals surface area contributed by atoms with Crippen molar-refractivity contribution in [3.05, 3.63) is 34.3 Å². The van der Waals surface area contributed by atoms with Crippen LogP contribution in [0.3, 0.4) is 0 Å². The van der Waals surface area contributed by atoms with Gasteiger partial charge in [0.1, 0.15) is 11.5 Å². The highest BCUT2D eigenvalue weighted by molar-refractivity contribution is 7.91. The Kier molecular flexibility index (Phi) is 3.76. The number of thiazole rings is 1. The van der Waals surface area contributed by atoms with Gasteiger partial charge in [-0.1, -0.05) is 22.9 Å². The number of nitrogens with one attached hydrogen (secondary N) is 1. The van der Waals surface area contributed by atoms with E-state index in [4.69, 9.17) is 16.0 Å². The van der Waals surface area contributed by atoms with Gasteiger partial charge in [0.15, 0.2) is 8.68 Å². The van der Waals surface area contributed by atoms with E-state index >= 15 is 0 Å². The van der Waals surface area contributed by atoms with E-state index in [2.05, 4.69) is 9.71 Å². The first-order chi connectivity index (χ1) is 8.38. The lowest BCUT2D eigenvalue weighted by Gasteiger charge is -2.10. The van der Waals surface area contributed by atoms with Gasteiger partial charge in [0.25, 0.3) is 10.0 Å². The van der Waals surface area contributed by atoms with Crippen LogP contribution in [0.2, 0.25) is 4.47 Å². The average Bonchev–Trinajstić information content (AvgIpc) is 2.86. The number of sulfonamides is 1. The molecular weight excluding hydrogens is 296 g/mol. The second-order valence-electron chi connectivity index (χ2n) is 3.72. The van der Waals surface area contributed by atoms with Gasteiger partial charge in [-0.05, 0) is 26.0 Å². The van der Waals surface area contributed by atoms with Gasteiger partial charge in [0.05, 0.1) is 12.2 Å². The normalized spacial score (nSPS) is 13.7. The Labute approximate surface area is 114 Å². The van der Waals surface area contributed by atoms with Gasteiger partial charge in [0, 0.05) is 0 Å². The molecule has 1 N–H and O–H groups in total. The molecule has 0 saturated heterocycles. The van der Waals surface area contributed by atoms with E-state index in [1.54, 1.807) is 26.0 Å². The van der Waals surface area contributed by atoms with E-state index in [1.165, 1.54) is 6.20 Å². The number of halogens is 1. The summed E-state index contributed by atoms with van der Waals surface area (Å²) < 4.78 is 32.1. The van der Waals surface area contributed by atoms with E-state index < -0.39 is 16.1 Å². The first kappa shape index (κ1) is 13.5. The monoisotopic (exact) mass is 306 g/mol. The summed E-state index contributed by atoms with van der Waals surface area (Å²) in [7, 11) is -3.62. The minimum absolute atomic E-state index is 0.0858. The van der Waals surface area contributed by atoms with Crippen molar-refractivity contribution in [3.8, 4) is 0 Å². The molecule has 1 atom stereocenters. The fraction of sp³-hybridized carbons (Fsp3) is 0.300. The lowest BCUT2D eigenvalue weighted by atomic mass is 10.3. The second kappa shape index (κ2) is 5.00. The van der Waals surface area contributed by atoms with Crippen molar-refractivity contribution in [2.24, 2.45) is 0 Å². The maximum absolute atomic E-state index is 12.0. The van der Waals surface area contributed by atoms with Crippen LogP contribution in [-0.4, -0.2) is 13.4 Å². The highest BCUT2D eigenvalue weighted by Crippen LogP contribution is 2.24. The Hall–Kier alpha value is -0.890. The van der Waals surface area contributed by atoms with Gasteiger partial charge in [-0.3, -0.25) is 0 Å². The molecule has 0 amide bonds. The minimum Gasteiger partial charge on any atom is -0.465 e. The smallest absolute Gasteiger partial charge is 0.252 e. The van der Waals surface area contributed by atoms with Gasteiger partial charge < -0.3 is 4.42 Å². The molecule has 0 aliphatic rings. The summed E-state index contributed by atoms with van der Waals surface area (Å²) in [5.74, 6) is 1.29. The minimum atomic E-state index is -3.62. The van der Waals surface area contributed by atoms with Crippen LogP contribution in [0.4, 0.5) is 0 Å². The van der Waals surface area contributed by atoms with Crippen molar-refractivity contribution in [2.45, 2.75) is 24.1 Å². The molecule has 0 radical (unpaired) electrons. The summed E-state index contributed by atoms with van der Waals surface area (Å²) >= 11 is 6.53. The van der Waals surface area contributed by atoms with Gasteiger partial charge in [0.2, 0.25) is 0 Å². The quantitative estimate of drug-likeness (QED) is 0.942. The Morgan fingerprint density at radius 2 is 2.22 bits per heavy atom. The summed E-state index contributed by atoms with van der Waals surface area (Å²) in [6.07, 6.45) is 1.23. The molecule has 8 heteroatoms. The molecule has 5 nitrogen and oxygen atoms in total. The SMILES string of the molecule is Cc1ccc(C(C)NS(=O)(=O)c2cnc(Cl)s2)o1. The third kappa shape index (κ3) is 2.92. The van der Waals surface area contributed by atoms with Gasteiger partial charge in [-0.25, -0.2) is 18.1 Å². The summed E-state index contributed by atoms with van der Waals surface area (Å²) in [5, 5.41) is 0. The molecular formula is C10H11ClN2O3S2. The number of aromatic nitrogens is 1. The van der Waals surface area contributed by atoms with E-state index in [1.807, 2.05) is 0 Å². The molecule has 0 aliphatic heterocycles. The third-order valence-corrected chi connectivity index (χ3v) is 5.36. The number of furan rings is 1. The van der Waals surface area contributed by atoms with E-state index in [9.17, 15) is 8.42 Å². The maximum atomic E-state index is 12.0. The summed E-state index contributed by atoms with van der Waals surface area (Å²) in [6.45, 7) is 3.51. The lowest BCUT2D eigenvalue weighted by Crippen LogP contribution is -2.25. The molecule has 98 valence electrons. The summed E-state index contributed by atoms with van der Waals surface area (Å²) in [6, 6.07) is 3.07. The fourth-order valence-corrected chi connectivity index (χ4v) is 3.92. The van der Waals surface area contributed by atoms with Crippen molar-refractivity contribution in [1.82, 2.24) is 9.71 Å². The number of hydrogen-bond acceptors (Lipinski definition) is 5. The van der Waals surface area contributed by atoms with Crippen molar-refractivity contribution >= 4 is 33.0 Å². The Morgan fingerprint density at radius 3 is 2.72 bits per heavy atom. The van der Waals surface area contributed by atoms with Crippen LogP contribution >= 0.6 is 22.9 Å². The van der Waals surface area contributed by atoms with E-state index in [0.717, 1.165) is 17.1 Å². The van der Waals surface area contributed by atoms with Crippen molar-refractivity contribution in [1.29, 1.82) is 0 Å². The van der Waals surface area contributed by atoms with Crippen LogP contribution in [0.5, 0.6) is 0 Å². The molecule has 0 aliphatic carbocycles. The highest BCUT2D eigenvalue weighted by Gasteiger charge is 2.22. The molecule has 0 saturated carbocycles. The zero-order valence-electron chi connectivity index (χ0n) is 9.68. The van der Waals surface area contributed by atoms with Crippen molar-refractivity contribution in [3.63, 3.8) is 0 Å². The van der Waals surface area contributed by atoms with Crippen LogP contribution in [0.1, 0.15) is 24.5 Å². The van der Waals surface area contributed by atoms with E-state index in [0.29, 0.717) is 5.76 Å². The summed E-state index contributed by atoms with van der Waals surface area (Å²) in [4.78, 5) is 3.71. The Morgan fingerprint density at radius 1 is 1.50 bits per heavy atom. The first-order valence-corrected chi connectivity index (χ1v) is 7.76. The third-order valence-electron chi connectivity index (χ3n) is 2.24. The van der Waals surface area contributed by atoms with Gasteiger partial charge >= 0.3 is 0 Å². The Balaban J connectivity index is 2.18. The first-order valence-electron chi connectivity index (χ1n) is 5.08. The largest absolute Gasteiger partial charge is 0.465 e. The number of aryl methyl sites for hydroxylation is 1. The van der Waals surface area contributed by atoms with Crippen LogP contribution in [0.15, 0.2) is 27.0 Å². The number of hydrogen-bond donors (Lipinski definition) is 1. The lowest BCUT2D eigenvalue weighted by molar-refractivity contribution is 0.441. The van der Waals surface area contributed by atoms with Crippen LogP contribution in [-0.2, 0) is 10.0 Å². The standard InChI is InChI=1S/C10H11ClN2O3S2/c1-6-3-4-8(16-6)7(2)13-18(14,15)9-5-12-10(11)17-9/h3-5,7,13H,1-2H3. The molecule has 2 aromatic heterocycles.